The number of aryl methyl sites for hydroxylation is 1. The minimum Gasteiger partial charge on any atom is -0.334 e. The minimum atomic E-state index is 0.404. The first-order valence-electron chi connectivity index (χ1n) is 4.25. The summed E-state index contributed by atoms with van der Waals surface area (Å²) in [5.74, 6) is 1.12. The molecule has 0 fully saturated rings. The molecule has 14 heavy (non-hydrogen) atoms. The predicted molar refractivity (Wildman–Crippen MR) is 50.2 cm³/mol. The maximum atomic E-state index is 5.47. The fourth-order valence-electron chi connectivity index (χ4n) is 1.14. The molecule has 2 N–H and O–H groups in total. The lowest BCUT2D eigenvalue weighted by atomic mass is 10.2. The molecule has 0 atom stereocenters. The van der Waals surface area contributed by atoms with Gasteiger partial charge in [0.15, 0.2) is 5.82 Å². The first kappa shape index (κ1) is 8.83. The van der Waals surface area contributed by atoms with Crippen molar-refractivity contribution >= 4 is 0 Å². The second-order valence-electron chi connectivity index (χ2n) is 2.89. The van der Waals surface area contributed by atoms with Crippen LogP contribution in [0.4, 0.5) is 0 Å². The van der Waals surface area contributed by atoms with Gasteiger partial charge in [-0.3, -0.25) is 4.98 Å². The largest absolute Gasteiger partial charge is 0.334 e. The zero-order valence-electron chi connectivity index (χ0n) is 7.77. The highest BCUT2D eigenvalue weighted by atomic mass is 16.5. The quantitative estimate of drug-likeness (QED) is 0.761. The number of pyridine rings is 1. The fraction of sp³-hybridized carbons (Fsp3) is 0.222. The van der Waals surface area contributed by atoms with Crippen molar-refractivity contribution in [3.05, 3.63) is 29.8 Å². The highest BCUT2D eigenvalue weighted by Gasteiger charge is 2.06. The van der Waals surface area contributed by atoms with E-state index in [4.69, 9.17) is 10.3 Å². The Morgan fingerprint density at radius 3 is 3.00 bits per heavy atom. The van der Waals surface area contributed by atoms with Gasteiger partial charge in [-0.1, -0.05) is 5.16 Å². The van der Waals surface area contributed by atoms with E-state index >= 15 is 0 Å². The molecule has 2 aromatic heterocycles. The van der Waals surface area contributed by atoms with Crippen molar-refractivity contribution in [1.29, 1.82) is 0 Å². The Morgan fingerprint density at radius 1 is 1.50 bits per heavy atom. The predicted octanol–water partition coefficient (Wildman–Crippen LogP) is 0.899. The summed E-state index contributed by atoms with van der Waals surface area (Å²) in [6.45, 7) is 2.18. The molecule has 0 aliphatic carbocycles. The molecule has 0 unspecified atom stereocenters. The van der Waals surface area contributed by atoms with Crippen molar-refractivity contribution in [3.63, 3.8) is 0 Å². The molecule has 2 heterocycles. The molecule has 0 aliphatic heterocycles. The summed E-state index contributed by atoms with van der Waals surface area (Å²) in [6, 6.07) is 3.65. The van der Waals surface area contributed by atoms with Crippen molar-refractivity contribution in [3.8, 4) is 11.5 Å². The lowest BCUT2D eigenvalue weighted by molar-refractivity contribution is 0.425. The van der Waals surface area contributed by atoms with Crippen LogP contribution >= 0.6 is 0 Å². The number of hydrogen-bond donors (Lipinski definition) is 1. The van der Waals surface area contributed by atoms with E-state index in [1.54, 1.807) is 13.1 Å². The lowest BCUT2D eigenvalue weighted by Crippen LogP contribution is -1.98. The summed E-state index contributed by atoms with van der Waals surface area (Å²) < 4.78 is 5.02. The van der Waals surface area contributed by atoms with E-state index in [9.17, 15) is 0 Å². The van der Waals surface area contributed by atoms with Gasteiger partial charge < -0.3 is 10.3 Å². The molecular weight excluding hydrogens is 180 g/mol. The van der Waals surface area contributed by atoms with Gasteiger partial charge >= 0.3 is 0 Å². The van der Waals surface area contributed by atoms with Gasteiger partial charge in [-0.05, 0) is 19.1 Å². The number of rotatable bonds is 2. The SMILES string of the molecule is Cc1noc(-c2ccnc(CN)c2)n1. The summed E-state index contributed by atoms with van der Waals surface area (Å²) in [5, 5.41) is 3.71. The summed E-state index contributed by atoms with van der Waals surface area (Å²) in [6.07, 6.45) is 1.68. The zero-order valence-corrected chi connectivity index (χ0v) is 7.77. The number of nitrogens with zero attached hydrogens (tertiary/aromatic N) is 3. The molecule has 0 spiro atoms. The number of hydrogen-bond acceptors (Lipinski definition) is 5. The van der Waals surface area contributed by atoms with Gasteiger partial charge in [0.25, 0.3) is 5.89 Å². The molecule has 0 bridgehead atoms. The van der Waals surface area contributed by atoms with Crippen molar-refractivity contribution in [1.82, 2.24) is 15.1 Å². The van der Waals surface area contributed by atoms with Gasteiger partial charge in [0.05, 0.1) is 5.69 Å². The monoisotopic (exact) mass is 190 g/mol. The Balaban J connectivity index is 2.41. The van der Waals surface area contributed by atoms with Crippen molar-refractivity contribution < 1.29 is 4.52 Å². The first-order chi connectivity index (χ1) is 6.79. The average Bonchev–Trinajstić information content (AvgIpc) is 2.65. The van der Waals surface area contributed by atoms with Crippen LogP contribution in [0.1, 0.15) is 11.5 Å². The zero-order chi connectivity index (χ0) is 9.97. The van der Waals surface area contributed by atoms with Crippen LogP contribution in [0.5, 0.6) is 0 Å². The van der Waals surface area contributed by atoms with Gasteiger partial charge in [0.1, 0.15) is 0 Å². The van der Waals surface area contributed by atoms with E-state index in [0.717, 1.165) is 11.3 Å². The molecule has 2 rings (SSSR count). The standard InChI is InChI=1S/C9H10N4O/c1-6-12-9(14-13-6)7-2-3-11-8(4-7)5-10/h2-4H,5,10H2,1H3. The van der Waals surface area contributed by atoms with E-state index in [-0.39, 0.29) is 0 Å². The molecule has 72 valence electrons. The Morgan fingerprint density at radius 2 is 2.36 bits per heavy atom. The Hall–Kier alpha value is -1.75. The molecule has 0 amide bonds. The second-order valence-corrected chi connectivity index (χ2v) is 2.89. The topological polar surface area (TPSA) is 77.8 Å². The maximum absolute atomic E-state index is 5.47. The number of nitrogens with two attached hydrogens (primary N) is 1. The molecule has 0 saturated heterocycles. The van der Waals surface area contributed by atoms with Crippen molar-refractivity contribution in [2.45, 2.75) is 13.5 Å². The molecule has 0 aliphatic rings. The molecular formula is C9H10N4O. The van der Waals surface area contributed by atoms with Crippen LogP contribution in [0.3, 0.4) is 0 Å². The van der Waals surface area contributed by atoms with Crippen molar-refractivity contribution in [2.24, 2.45) is 5.73 Å². The number of aromatic nitrogens is 3. The van der Waals surface area contributed by atoms with Crippen LogP contribution in [-0.4, -0.2) is 15.1 Å². The maximum Gasteiger partial charge on any atom is 0.258 e. The third-order valence-corrected chi connectivity index (χ3v) is 1.80. The average molecular weight is 190 g/mol. The van der Waals surface area contributed by atoms with Gasteiger partial charge in [-0.2, -0.15) is 4.98 Å². The van der Waals surface area contributed by atoms with Crippen LogP contribution < -0.4 is 5.73 Å². The van der Waals surface area contributed by atoms with Crippen LogP contribution in [-0.2, 0) is 6.54 Å². The smallest absolute Gasteiger partial charge is 0.258 e. The third-order valence-electron chi connectivity index (χ3n) is 1.80. The molecule has 5 heteroatoms. The Kier molecular flexibility index (Phi) is 2.24. The van der Waals surface area contributed by atoms with Crippen LogP contribution in [0.2, 0.25) is 0 Å². The Bertz CT molecular complexity index is 438. The highest BCUT2D eigenvalue weighted by molar-refractivity contribution is 5.52. The van der Waals surface area contributed by atoms with E-state index in [1.165, 1.54) is 0 Å². The molecule has 0 saturated carbocycles. The fourth-order valence-corrected chi connectivity index (χ4v) is 1.14. The minimum absolute atomic E-state index is 0.404. The second kappa shape index (κ2) is 3.55. The van der Waals surface area contributed by atoms with Gasteiger partial charge in [-0.25, -0.2) is 0 Å². The summed E-state index contributed by atoms with van der Waals surface area (Å²) in [4.78, 5) is 8.19. The molecule has 5 nitrogen and oxygen atoms in total. The first-order valence-corrected chi connectivity index (χ1v) is 4.25. The molecule has 0 aromatic carbocycles. The highest BCUT2D eigenvalue weighted by Crippen LogP contribution is 2.16. The van der Waals surface area contributed by atoms with Crippen LogP contribution in [0, 0.1) is 6.92 Å². The summed E-state index contributed by atoms with van der Waals surface area (Å²) in [7, 11) is 0. The molecule has 2 aromatic rings. The van der Waals surface area contributed by atoms with Crippen LogP contribution in [0.25, 0.3) is 11.5 Å². The normalized spacial score (nSPS) is 10.4. The van der Waals surface area contributed by atoms with Gasteiger partial charge in [0, 0.05) is 18.3 Å². The van der Waals surface area contributed by atoms with E-state index in [0.29, 0.717) is 18.3 Å². The third kappa shape index (κ3) is 1.62. The van der Waals surface area contributed by atoms with E-state index < -0.39 is 0 Å². The Labute approximate surface area is 81.0 Å². The van der Waals surface area contributed by atoms with Gasteiger partial charge in [0.2, 0.25) is 0 Å². The molecule has 0 radical (unpaired) electrons. The van der Waals surface area contributed by atoms with E-state index in [1.807, 2.05) is 12.1 Å². The lowest BCUT2D eigenvalue weighted by Gasteiger charge is -1.96. The summed E-state index contributed by atoms with van der Waals surface area (Å²) >= 11 is 0. The van der Waals surface area contributed by atoms with E-state index in [2.05, 4.69) is 15.1 Å². The summed E-state index contributed by atoms with van der Waals surface area (Å²) in [5.41, 5.74) is 7.13. The van der Waals surface area contributed by atoms with Crippen molar-refractivity contribution in [2.75, 3.05) is 0 Å². The van der Waals surface area contributed by atoms with Gasteiger partial charge in [-0.15, -0.1) is 0 Å². The van der Waals surface area contributed by atoms with Crippen LogP contribution in [0.15, 0.2) is 22.9 Å².